The van der Waals surface area contributed by atoms with Crippen LogP contribution in [0.15, 0.2) is 26.9 Å². The average molecular weight is 398 g/mol. The van der Waals surface area contributed by atoms with Crippen molar-refractivity contribution in [1.29, 1.82) is 0 Å². The number of aromatic nitrogens is 2. The van der Waals surface area contributed by atoms with Gasteiger partial charge >= 0.3 is 0 Å². The Kier molecular flexibility index (Phi) is 4.84. The lowest BCUT2D eigenvalue weighted by Crippen LogP contribution is -2.46. The fourth-order valence-electron chi connectivity index (χ4n) is 3.76. The Bertz CT molecular complexity index is 696. The summed E-state index contributed by atoms with van der Waals surface area (Å²) in [5.41, 5.74) is 15.2. The van der Waals surface area contributed by atoms with E-state index in [1.807, 2.05) is 0 Å². The molecule has 0 saturated heterocycles. The third-order valence-corrected chi connectivity index (χ3v) is 6.21. The van der Waals surface area contributed by atoms with Gasteiger partial charge in [-0.25, -0.2) is 15.0 Å². The van der Waals surface area contributed by atoms with Gasteiger partial charge in [-0.05, 0) is 11.3 Å². The normalized spacial score (nSPS) is 25.4. The van der Waals surface area contributed by atoms with Crippen LogP contribution in [-0.4, -0.2) is 15.7 Å². The van der Waals surface area contributed by atoms with Gasteiger partial charge in [0.2, 0.25) is 0 Å². The van der Waals surface area contributed by atoms with Crippen LogP contribution in [0.1, 0.15) is 34.6 Å². The highest BCUT2D eigenvalue weighted by Crippen LogP contribution is 2.54. The first-order valence-electron chi connectivity index (χ1n) is 7.62. The number of allylic oxidation sites excluding steroid dienone is 2. The minimum absolute atomic E-state index is 0. The monoisotopic (exact) mass is 397 g/mol. The maximum absolute atomic E-state index is 6.57. The van der Waals surface area contributed by atoms with Crippen molar-refractivity contribution in [1.82, 2.24) is 9.97 Å². The average Bonchev–Trinajstić information content (AvgIpc) is 2.44. The van der Waals surface area contributed by atoms with Crippen LogP contribution in [0.2, 0.25) is 0 Å². The van der Waals surface area contributed by atoms with Crippen LogP contribution in [0.5, 0.6) is 0 Å². The molecule has 23 heavy (non-hydrogen) atoms. The van der Waals surface area contributed by atoms with Crippen LogP contribution in [-0.2, 0) is 0 Å². The molecule has 7 heteroatoms. The molecule has 2 atom stereocenters. The molecular weight excluding hydrogens is 374 g/mol. The molecule has 0 fully saturated rings. The van der Waals surface area contributed by atoms with Crippen molar-refractivity contribution in [2.75, 3.05) is 5.73 Å². The molecule has 3 rings (SSSR count). The first kappa shape index (κ1) is 18.3. The zero-order valence-electron chi connectivity index (χ0n) is 14.1. The van der Waals surface area contributed by atoms with Crippen molar-refractivity contribution in [3.63, 3.8) is 0 Å². The molecule has 1 aromatic rings. The van der Waals surface area contributed by atoms with Crippen LogP contribution >= 0.6 is 28.7 Å². The summed E-state index contributed by atoms with van der Waals surface area (Å²) in [5.74, 6) is 1.52. The Morgan fingerprint density at radius 2 is 1.87 bits per heavy atom. The van der Waals surface area contributed by atoms with Crippen molar-refractivity contribution < 1.29 is 0 Å². The van der Waals surface area contributed by atoms with E-state index in [1.165, 1.54) is 6.33 Å². The summed E-state index contributed by atoms with van der Waals surface area (Å²) in [7, 11) is 0. The first-order valence-corrected chi connectivity index (χ1v) is 8.43. The molecule has 126 valence electrons. The second-order valence-electron chi connectivity index (χ2n) is 7.06. The summed E-state index contributed by atoms with van der Waals surface area (Å²) < 4.78 is 0. The maximum Gasteiger partial charge on any atom is 0.154 e. The Morgan fingerprint density at radius 1 is 1.22 bits per heavy atom. The molecule has 1 aliphatic carbocycles. The molecule has 0 bridgehead atoms. The summed E-state index contributed by atoms with van der Waals surface area (Å²) in [6.07, 6.45) is 1.48. The predicted molar refractivity (Wildman–Crippen MR) is 102 cm³/mol. The molecule has 2 unspecified atom stereocenters. The van der Waals surface area contributed by atoms with E-state index in [1.54, 1.807) is 11.8 Å². The molecule has 2 heterocycles. The summed E-state index contributed by atoms with van der Waals surface area (Å²) in [5, 5.41) is 0.795. The number of nitrogens with two attached hydrogens (primary N) is 2. The molecule has 0 saturated carbocycles. The van der Waals surface area contributed by atoms with Gasteiger partial charge in [-0.2, -0.15) is 0 Å². The summed E-state index contributed by atoms with van der Waals surface area (Å²) in [6, 6.07) is 0. The first-order chi connectivity index (χ1) is 10.2. The standard InChI is InChI=1S/C16H23N5S.BrH/c1-7(2)9-10(17)13-11(8(3)16(9,4)5)21-12-14(18)19-6-20-15(12)22-13;/h6-9H,17H2,1-5H3,(H2,18,19,20);1H. The van der Waals surface area contributed by atoms with E-state index < -0.39 is 0 Å². The molecule has 0 spiro atoms. The number of nitrogen functional groups attached to an aromatic ring is 1. The van der Waals surface area contributed by atoms with Crippen LogP contribution < -0.4 is 11.5 Å². The number of hydrogen-bond donors (Lipinski definition) is 2. The fraction of sp³-hybridized carbons (Fsp3) is 0.562. The van der Waals surface area contributed by atoms with Crippen molar-refractivity contribution in [2.45, 2.75) is 39.6 Å². The van der Waals surface area contributed by atoms with Gasteiger partial charge in [0.1, 0.15) is 17.0 Å². The van der Waals surface area contributed by atoms with Crippen molar-refractivity contribution in [3.8, 4) is 0 Å². The number of hydrogen-bond acceptors (Lipinski definition) is 6. The topological polar surface area (TPSA) is 90.2 Å². The Balaban J connectivity index is 0.00000192. The van der Waals surface area contributed by atoms with Crippen LogP contribution in [0.3, 0.4) is 0 Å². The van der Waals surface area contributed by atoms with Gasteiger partial charge in [0.15, 0.2) is 5.82 Å². The number of thioether (sulfide) groups is 1. The van der Waals surface area contributed by atoms with Gasteiger partial charge in [0.05, 0.1) is 10.6 Å². The summed E-state index contributed by atoms with van der Waals surface area (Å²) in [6.45, 7) is 11.2. The molecule has 4 N–H and O–H groups in total. The predicted octanol–water partition coefficient (Wildman–Crippen LogP) is 3.93. The lowest BCUT2D eigenvalue weighted by molar-refractivity contribution is 0.144. The third kappa shape index (κ3) is 2.67. The molecule has 0 amide bonds. The van der Waals surface area contributed by atoms with E-state index in [-0.39, 0.29) is 22.4 Å². The molecule has 2 aliphatic rings. The van der Waals surface area contributed by atoms with Gasteiger partial charge in [-0.15, -0.1) is 17.0 Å². The zero-order valence-corrected chi connectivity index (χ0v) is 16.7. The van der Waals surface area contributed by atoms with Gasteiger partial charge < -0.3 is 11.5 Å². The number of halogens is 1. The Hall–Kier alpha value is -1.08. The van der Waals surface area contributed by atoms with Crippen molar-refractivity contribution >= 4 is 46.0 Å². The van der Waals surface area contributed by atoms with Crippen molar-refractivity contribution in [2.24, 2.45) is 33.9 Å². The van der Waals surface area contributed by atoms with Gasteiger partial charge in [-0.3, -0.25) is 0 Å². The molecule has 0 radical (unpaired) electrons. The number of fused-ring (bicyclic) bond motifs is 2. The second kappa shape index (κ2) is 6.09. The number of aliphatic imine (C=N–C) groups is 1. The lowest BCUT2D eigenvalue weighted by atomic mass is 9.60. The maximum atomic E-state index is 6.57. The highest BCUT2D eigenvalue weighted by atomic mass is 79.9. The zero-order chi connectivity index (χ0) is 16.2. The number of rotatable bonds is 1. The van der Waals surface area contributed by atoms with Gasteiger partial charge in [0, 0.05) is 17.5 Å². The van der Waals surface area contributed by atoms with E-state index in [9.17, 15) is 0 Å². The quantitative estimate of drug-likeness (QED) is 0.700. The molecule has 0 aromatic carbocycles. The molecule has 1 aliphatic heterocycles. The summed E-state index contributed by atoms with van der Waals surface area (Å²) in [4.78, 5) is 14.2. The third-order valence-electron chi connectivity index (χ3n) is 5.07. The van der Waals surface area contributed by atoms with Crippen molar-refractivity contribution in [3.05, 3.63) is 16.9 Å². The van der Waals surface area contributed by atoms with Crippen LogP contribution in [0.25, 0.3) is 0 Å². The molecular formula is C16H24BrN5S. The minimum atomic E-state index is 0. The van der Waals surface area contributed by atoms with Gasteiger partial charge in [0.25, 0.3) is 0 Å². The molecule has 1 aromatic heterocycles. The Labute approximate surface area is 152 Å². The highest BCUT2D eigenvalue weighted by molar-refractivity contribution is 8.93. The molecule has 5 nitrogen and oxygen atoms in total. The van der Waals surface area contributed by atoms with E-state index >= 15 is 0 Å². The fourth-order valence-corrected chi connectivity index (χ4v) is 4.87. The van der Waals surface area contributed by atoms with Gasteiger partial charge in [-0.1, -0.05) is 46.4 Å². The van der Waals surface area contributed by atoms with E-state index in [4.69, 9.17) is 16.5 Å². The Morgan fingerprint density at radius 3 is 2.48 bits per heavy atom. The second-order valence-corrected chi connectivity index (χ2v) is 8.06. The largest absolute Gasteiger partial charge is 0.401 e. The lowest BCUT2D eigenvalue weighted by Gasteiger charge is -2.47. The number of nitrogens with zero attached hydrogens (tertiary/aromatic N) is 3. The summed E-state index contributed by atoms with van der Waals surface area (Å²) >= 11 is 1.58. The smallest absolute Gasteiger partial charge is 0.154 e. The SMILES string of the molecule is Br.CC(C)C1C(N)=C2Sc3ncnc(N)c3N=C2C(C)C1(C)C. The number of anilines is 1. The van der Waals surface area contributed by atoms with Crippen LogP contribution in [0.4, 0.5) is 11.5 Å². The van der Waals surface area contributed by atoms with E-state index in [0.29, 0.717) is 29.3 Å². The van der Waals surface area contributed by atoms with E-state index in [0.717, 1.165) is 21.3 Å². The minimum Gasteiger partial charge on any atom is -0.401 e. The highest BCUT2D eigenvalue weighted by Gasteiger charge is 2.47. The van der Waals surface area contributed by atoms with Crippen LogP contribution in [0, 0.1) is 23.2 Å². The van der Waals surface area contributed by atoms with E-state index in [2.05, 4.69) is 44.6 Å².